The number of halogens is 1. The molecule has 4 aromatic carbocycles. The monoisotopic (exact) mass is 569 g/mol. The van der Waals surface area contributed by atoms with E-state index in [1.807, 2.05) is 72.8 Å². The Hall–Kier alpha value is -5.05. The van der Waals surface area contributed by atoms with Gasteiger partial charge in [-0.3, -0.25) is 19.2 Å². The molecule has 0 bridgehead atoms. The Bertz CT molecular complexity index is 1540. The summed E-state index contributed by atoms with van der Waals surface area (Å²) in [6.45, 7) is 0.185. The van der Waals surface area contributed by atoms with Crippen LogP contribution in [0.3, 0.4) is 0 Å². The van der Waals surface area contributed by atoms with Gasteiger partial charge in [-0.25, -0.2) is 4.39 Å². The molecular weight excluding hydrogens is 537 g/mol. The topological polar surface area (TPSA) is 125 Å². The van der Waals surface area contributed by atoms with Gasteiger partial charge in [0, 0.05) is 19.4 Å². The molecule has 4 aromatic rings. The zero-order valence-corrected chi connectivity index (χ0v) is 22.9. The normalized spacial score (nSPS) is 12.2. The molecule has 9 heteroatoms. The van der Waals surface area contributed by atoms with Crippen molar-refractivity contribution in [1.29, 1.82) is 0 Å². The molecule has 3 amide bonds. The molecule has 1 unspecified atom stereocenters. The van der Waals surface area contributed by atoms with E-state index in [1.54, 1.807) is 0 Å². The number of nitrogens with one attached hydrogen (secondary N) is 3. The number of hydrogen-bond donors (Lipinski definition) is 4. The molecule has 42 heavy (non-hydrogen) atoms. The van der Waals surface area contributed by atoms with Crippen molar-refractivity contribution in [2.45, 2.75) is 44.3 Å². The molecule has 0 heterocycles. The number of fused-ring (bicyclic) bond motifs is 1. The summed E-state index contributed by atoms with van der Waals surface area (Å²) in [6.07, 6.45) is -0.172. The van der Waals surface area contributed by atoms with Crippen molar-refractivity contribution in [2.75, 3.05) is 0 Å². The highest BCUT2D eigenvalue weighted by Gasteiger charge is 2.28. The Labute approximate surface area is 242 Å². The van der Waals surface area contributed by atoms with Crippen molar-refractivity contribution in [3.8, 4) is 0 Å². The lowest BCUT2D eigenvalue weighted by atomic mass is 10.0. The van der Waals surface area contributed by atoms with Crippen LogP contribution in [0.25, 0.3) is 10.8 Å². The summed E-state index contributed by atoms with van der Waals surface area (Å²) in [5.74, 6) is -3.54. The molecule has 216 valence electrons. The van der Waals surface area contributed by atoms with E-state index in [9.17, 15) is 28.7 Å². The Kier molecular flexibility index (Phi) is 10.4. The van der Waals surface area contributed by atoms with Crippen molar-refractivity contribution in [1.82, 2.24) is 16.0 Å². The largest absolute Gasteiger partial charge is 0.481 e. The average molecular weight is 570 g/mol. The molecule has 0 spiro atoms. The average Bonchev–Trinajstić information content (AvgIpc) is 2.99. The predicted molar refractivity (Wildman–Crippen MR) is 157 cm³/mol. The van der Waals surface area contributed by atoms with Crippen molar-refractivity contribution < 1.29 is 28.7 Å². The van der Waals surface area contributed by atoms with Gasteiger partial charge in [0.05, 0.1) is 6.42 Å². The number of carboxylic acid groups (broad SMARTS) is 1. The summed E-state index contributed by atoms with van der Waals surface area (Å²) in [5, 5.41) is 19.4. The number of carbonyl (C=O) groups is 4. The second kappa shape index (κ2) is 14.5. The van der Waals surface area contributed by atoms with Gasteiger partial charge in [0.2, 0.25) is 17.7 Å². The van der Waals surface area contributed by atoms with Crippen LogP contribution in [0.15, 0.2) is 97.1 Å². The van der Waals surface area contributed by atoms with Crippen LogP contribution in [-0.4, -0.2) is 40.9 Å². The fourth-order valence-electron chi connectivity index (χ4n) is 4.64. The van der Waals surface area contributed by atoms with Gasteiger partial charge in [-0.2, -0.15) is 0 Å². The maximum absolute atomic E-state index is 13.5. The van der Waals surface area contributed by atoms with E-state index in [2.05, 4.69) is 16.0 Å². The Morgan fingerprint density at radius 3 is 2.14 bits per heavy atom. The third kappa shape index (κ3) is 8.72. The van der Waals surface area contributed by atoms with Gasteiger partial charge in [0.25, 0.3) is 0 Å². The molecule has 0 saturated carbocycles. The van der Waals surface area contributed by atoms with Crippen LogP contribution in [0.2, 0.25) is 0 Å². The fourth-order valence-corrected chi connectivity index (χ4v) is 4.64. The zero-order valence-electron chi connectivity index (χ0n) is 22.9. The standard InChI is InChI=1S/C33H32FN3O5/c34-26-16-13-23(14-17-26)19-28(32(41)35-21-25-11-6-10-24-9-4-5-12-27(24)25)37-33(42)29(20-31(39)40)36-30(38)18-15-22-7-2-1-3-8-22/h1-14,16-17,28-29H,15,18-21H2,(H,35,41)(H,36,38)(H,37,42)(H,39,40)/t28-,29?/m0/s1. The number of benzene rings is 4. The Morgan fingerprint density at radius 2 is 1.40 bits per heavy atom. The minimum absolute atomic E-state index is 0.0230. The molecule has 4 rings (SSSR count). The second-order valence-corrected chi connectivity index (χ2v) is 9.95. The van der Waals surface area contributed by atoms with Gasteiger partial charge in [-0.1, -0.05) is 84.9 Å². The van der Waals surface area contributed by atoms with Crippen LogP contribution in [-0.2, 0) is 38.6 Å². The highest BCUT2D eigenvalue weighted by molar-refractivity contribution is 5.94. The number of carboxylic acids is 1. The number of aliphatic carboxylic acids is 1. The van der Waals surface area contributed by atoms with Crippen molar-refractivity contribution >= 4 is 34.5 Å². The minimum Gasteiger partial charge on any atom is -0.481 e. The third-order valence-corrected chi connectivity index (χ3v) is 6.83. The number of hydrogen-bond acceptors (Lipinski definition) is 4. The maximum atomic E-state index is 13.5. The SMILES string of the molecule is O=C(O)CC(NC(=O)CCc1ccccc1)C(=O)N[C@@H](Cc1ccc(F)cc1)C(=O)NCc1cccc2ccccc12. The van der Waals surface area contributed by atoms with Crippen molar-refractivity contribution in [2.24, 2.45) is 0 Å². The molecular formula is C33H32FN3O5. The lowest BCUT2D eigenvalue weighted by Gasteiger charge is -2.23. The summed E-state index contributed by atoms with van der Waals surface area (Å²) in [5.41, 5.74) is 2.39. The third-order valence-electron chi connectivity index (χ3n) is 6.83. The summed E-state index contributed by atoms with van der Waals surface area (Å²) < 4.78 is 13.5. The first kappa shape index (κ1) is 29.9. The van der Waals surface area contributed by atoms with E-state index in [0.717, 1.165) is 21.9 Å². The number of aryl methyl sites for hydroxylation is 1. The molecule has 0 aromatic heterocycles. The molecule has 0 fully saturated rings. The molecule has 0 aliphatic carbocycles. The molecule has 0 radical (unpaired) electrons. The molecule has 0 saturated heterocycles. The van der Waals surface area contributed by atoms with Crippen LogP contribution < -0.4 is 16.0 Å². The fraction of sp³-hybridized carbons (Fsp3) is 0.212. The summed E-state index contributed by atoms with van der Waals surface area (Å²) >= 11 is 0. The minimum atomic E-state index is -1.40. The first-order valence-electron chi connectivity index (χ1n) is 13.6. The quantitative estimate of drug-likeness (QED) is 0.194. The van der Waals surface area contributed by atoms with Crippen LogP contribution in [0.4, 0.5) is 4.39 Å². The predicted octanol–water partition coefficient (Wildman–Crippen LogP) is 3.91. The lowest BCUT2D eigenvalue weighted by Crippen LogP contribution is -2.55. The van der Waals surface area contributed by atoms with Crippen LogP contribution >= 0.6 is 0 Å². The van der Waals surface area contributed by atoms with Crippen LogP contribution in [0, 0.1) is 5.82 Å². The molecule has 2 atom stereocenters. The van der Waals surface area contributed by atoms with Crippen LogP contribution in [0.1, 0.15) is 29.5 Å². The van der Waals surface area contributed by atoms with Crippen molar-refractivity contribution in [3.63, 3.8) is 0 Å². The Balaban J connectivity index is 1.47. The van der Waals surface area contributed by atoms with Gasteiger partial charge in [0.15, 0.2) is 0 Å². The first-order valence-corrected chi connectivity index (χ1v) is 13.6. The van der Waals surface area contributed by atoms with Gasteiger partial charge < -0.3 is 21.1 Å². The van der Waals surface area contributed by atoms with E-state index >= 15 is 0 Å². The highest BCUT2D eigenvalue weighted by atomic mass is 19.1. The van der Waals surface area contributed by atoms with E-state index in [-0.39, 0.29) is 19.4 Å². The van der Waals surface area contributed by atoms with E-state index in [4.69, 9.17) is 0 Å². The highest BCUT2D eigenvalue weighted by Crippen LogP contribution is 2.18. The first-order chi connectivity index (χ1) is 20.3. The Morgan fingerprint density at radius 1 is 0.714 bits per heavy atom. The van der Waals surface area contributed by atoms with E-state index in [0.29, 0.717) is 12.0 Å². The molecule has 0 aliphatic rings. The second-order valence-electron chi connectivity index (χ2n) is 9.95. The molecule has 4 N–H and O–H groups in total. The smallest absolute Gasteiger partial charge is 0.305 e. The number of rotatable bonds is 13. The van der Waals surface area contributed by atoms with Gasteiger partial charge in [0.1, 0.15) is 17.9 Å². The van der Waals surface area contributed by atoms with Gasteiger partial charge in [-0.15, -0.1) is 0 Å². The van der Waals surface area contributed by atoms with E-state index in [1.165, 1.54) is 24.3 Å². The number of carbonyl (C=O) groups excluding carboxylic acids is 3. The lowest BCUT2D eigenvalue weighted by molar-refractivity contribution is -0.141. The summed E-state index contributed by atoms with van der Waals surface area (Å²) in [7, 11) is 0. The van der Waals surface area contributed by atoms with Crippen molar-refractivity contribution in [3.05, 3.63) is 120 Å². The summed E-state index contributed by atoms with van der Waals surface area (Å²) in [4.78, 5) is 50.8. The van der Waals surface area contributed by atoms with Gasteiger partial charge >= 0.3 is 5.97 Å². The molecule has 8 nitrogen and oxygen atoms in total. The molecule has 0 aliphatic heterocycles. The maximum Gasteiger partial charge on any atom is 0.305 e. The number of amides is 3. The van der Waals surface area contributed by atoms with E-state index < -0.39 is 48.0 Å². The summed E-state index contributed by atoms with van der Waals surface area (Å²) in [6, 6.07) is 25.8. The van der Waals surface area contributed by atoms with Gasteiger partial charge in [-0.05, 0) is 46.0 Å². The zero-order chi connectivity index (χ0) is 29.9. The van der Waals surface area contributed by atoms with Crippen LogP contribution in [0.5, 0.6) is 0 Å².